The van der Waals surface area contributed by atoms with E-state index < -0.39 is 18.3 Å². The van der Waals surface area contributed by atoms with Crippen LogP contribution in [0.4, 0.5) is 19.1 Å². The molecule has 1 aliphatic rings. The minimum atomic E-state index is -2.70. The monoisotopic (exact) mass is 217 g/mol. The predicted octanol–water partition coefficient (Wildman–Crippen LogP) is 1.85. The Morgan fingerprint density at radius 3 is 2.53 bits per heavy atom. The summed E-state index contributed by atoms with van der Waals surface area (Å²) in [5, 5.41) is 0. The molecule has 1 aliphatic heterocycles. The van der Waals surface area contributed by atoms with E-state index in [-0.39, 0.29) is 12.4 Å². The molecule has 0 unspecified atom stereocenters. The standard InChI is InChI=1S/C9H10F3N3/c10-7-4-13-8(14-5-7)15-3-1-2-9(11,12)6-15/h4-5H,1-3,6H2. The predicted molar refractivity (Wildman–Crippen MR) is 48.4 cm³/mol. The van der Waals surface area contributed by atoms with Gasteiger partial charge in [-0.2, -0.15) is 0 Å². The Hall–Kier alpha value is -1.33. The van der Waals surface area contributed by atoms with Crippen molar-refractivity contribution < 1.29 is 13.2 Å². The lowest BCUT2D eigenvalue weighted by atomic mass is 10.1. The number of aromatic nitrogens is 2. The Labute approximate surface area is 84.9 Å². The molecule has 0 aliphatic carbocycles. The number of anilines is 1. The normalized spacial score (nSPS) is 20.3. The van der Waals surface area contributed by atoms with E-state index in [1.165, 1.54) is 4.90 Å². The fraction of sp³-hybridized carbons (Fsp3) is 0.556. The van der Waals surface area contributed by atoms with Crippen LogP contribution in [0.2, 0.25) is 0 Å². The Balaban J connectivity index is 2.13. The van der Waals surface area contributed by atoms with Gasteiger partial charge in [0.05, 0.1) is 18.9 Å². The Kier molecular flexibility index (Phi) is 2.50. The highest BCUT2D eigenvalue weighted by molar-refractivity contribution is 5.30. The van der Waals surface area contributed by atoms with E-state index in [0.717, 1.165) is 12.4 Å². The third-order valence-corrected chi connectivity index (χ3v) is 2.28. The lowest BCUT2D eigenvalue weighted by molar-refractivity contribution is -0.0120. The smallest absolute Gasteiger partial charge is 0.265 e. The highest BCUT2D eigenvalue weighted by atomic mass is 19.3. The molecule has 82 valence electrons. The quantitative estimate of drug-likeness (QED) is 0.718. The van der Waals surface area contributed by atoms with E-state index in [2.05, 4.69) is 9.97 Å². The van der Waals surface area contributed by atoms with Gasteiger partial charge in [0.1, 0.15) is 0 Å². The fourth-order valence-corrected chi connectivity index (χ4v) is 1.61. The maximum absolute atomic E-state index is 13.0. The molecule has 0 spiro atoms. The van der Waals surface area contributed by atoms with E-state index in [9.17, 15) is 13.2 Å². The molecular weight excluding hydrogens is 207 g/mol. The molecule has 0 amide bonds. The molecule has 6 heteroatoms. The molecule has 0 aromatic carbocycles. The first-order valence-corrected chi connectivity index (χ1v) is 4.67. The van der Waals surface area contributed by atoms with E-state index in [1.807, 2.05) is 0 Å². The summed E-state index contributed by atoms with van der Waals surface area (Å²) < 4.78 is 38.6. The summed E-state index contributed by atoms with van der Waals surface area (Å²) >= 11 is 0. The van der Waals surface area contributed by atoms with Crippen LogP contribution < -0.4 is 4.90 Å². The molecule has 2 rings (SSSR count). The molecule has 0 radical (unpaired) electrons. The van der Waals surface area contributed by atoms with Gasteiger partial charge < -0.3 is 4.90 Å². The first kappa shape index (κ1) is 10.2. The average Bonchev–Trinajstić information content (AvgIpc) is 2.17. The third-order valence-electron chi connectivity index (χ3n) is 2.28. The van der Waals surface area contributed by atoms with Crippen molar-refractivity contribution in [1.82, 2.24) is 9.97 Å². The van der Waals surface area contributed by atoms with Gasteiger partial charge in [0, 0.05) is 13.0 Å². The molecule has 1 aromatic heterocycles. The second kappa shape index (κ2) is 3.67. The second-order valence-corrected chi connectivity index (χ2v) is 3.58. The second-order valence-electron chi connectivity index (χ2n) is 3.58. The first-order chi connectivity index (χ1) is 7.07. The van der Waals surface area contributed by atoms with Gasteiger partial charge >= 0.3 is 0 Å². The van der Waals surface area contributed by atoms with Crippen LogP contribution >= 0.6 is 0 Å². The zero-order chi connectivity index (χ0) is 10.9. The Morgan fingerprint density at radius 1 is 1.27 bits per heavy atom. The zero-order valence-corrected chi connectivity index (χ0v) is 7.96. The van der Waals surface area contributed by atoms with Gasteiger partial charge in [-0.25, -0.2) is 23.1 Å². The molecule has 0 N–H and O–H groups in total. The van der Waals surface area contributed by atoms with Crippen molar-refractivity contribution in [3.05, 3.63) is 18.2 Å². The van der Waals surface area contributed by atoms with E-state index in [0.29, 0.717) is 13.0 Å². The van der Waals surface area contributed by atoms with Gasteiger partial charge in [-0.1, -0.05) is 0 Å². The van der Waals surface area contributed by atoms with Crippen LogP contribution in [0, 0.1) is 5.82 Å². The van der Waals surface area contributed by atoms with Crippen LogP contribution in [-0.4, -0.2) is 29.0 Å². The molecule has 0 bridgehead atoms. The van der Waals surface area contributed by atoms with Crippen molar-refractivity contribution in [2.45, 2.75) is 18.8 Å². The van der Waals surface area contributed by atoms with Gasteiger partial charge in [-0.15, -0.1) is 0 Å². The molecule has 3 nitrogen and oxygen atoms in total. The summed E-state index contributed by atoms with van der Waals surface area (Å²) in [6.45, 7) is 0.0971. The maximum atomic E-state index is 13.0. The number of piperidine rings is 1. The van der Waals surface area contributed by atoms with Gasteiger partial charge in [-0.3, -0.25) is 0 Å². The van der Waals surface area contributed by atoms with E-state index >= 15 is 0 Å². The molecule has 2 heterocycles. The van der Waals surface area contributed by atoms with Crippen LogP contribution in [-0.2, 0) is 0 Å². The topological polar surface area (TPSA) is 29.0 Å². The number of hydrogen-bond acceptors (Lipinski definition) is 3. The molecule has 1 fully saturated rings. The summed E-state index contributed by atoms with van der Waals surface area (Å²) in [7, 11) is 0. The fourth-order valence-electron chi connectivity index (χ4n) is 1.61. The van der Waals surface area contributed by atoms with E-state index in [1.54, 1.807) is 0 Å². The summed E-state index contributed by atoms with van der Waals surface area (Å²) in [6, 6.07) is 0. The lowest BCUT2D eigenvalue weighted by Gasteiger charge is -2.32. The highest BCUT2D eigenvalue weighted by Gasteiger charge is 2.35. The Morgan fingerprint density at radius 2 is 1.93 bits per heavy atom. The summed E-state index contributed by atoms with van der Waals surface area (Å²) in [4.78, 5) is 8.73. The largest absolute Gasteiger partial charge is 0.335 e. The van der Waals surface area contributed by atoms with Crippen molar-refractivity contribution >= 4 is 5.95 Å². The number of nitrogens with zero attached hydrogens (tertiary/aromatic N) is 3. The van der Waals surface area contributed by atoms with E-state index in [4.69, 9.17) is 0 Å². The zero-order valence-electron chi connectivity index (χ0n) is 7.96. The molecule has 15 heavy (non-hydrogen) atoms. The van der Waals surface area contributed by atoms with Gasteiger partial charge in [-0.05, 0) is 6.42 Å². The van der Waals surface area contributed by atoms with Gasteiger partial charge in [0.2, 0.25) is 5.95 Å². The summed E-state index contributed by atoms with van der Waals surface area (Å²) in [5.74, 6) is -3.10. The molecule has 0 saturated carbocycles. The maximum Gasteiger partial charge on any atom is 0.265 e. The first-order valence-electron chi connectivity index (χ1n) is 4.67. The SMILES string of the molecule is Fc1cnc(N2CCCC(F)(F)C2)nc1. The summed E-state index contributed by atoms with van der Waals surface area (Å²) in [5.41, 5.74) is 0. The van der Waals surface area contributed by atoms with Crippen LogP contribution in [0.1, 0.15) is 12.8 Å². The third kappa shape index (κ3) is 2.37. The van der Waals surface area contributed by atoms with Crippen molar-refractivity contribution in [3.8, 4) is 0 Å². The molecule has 1 aromatic rings. The van der Waals surface area contributed by atoms with Crippen LogP contribution in [0.5, 0.6) is 0 Å². The van der Waals surface area contributed by atoms with Crippen molar-refractivity contribution in [2.75, 3.05) is 18.0 Å². The number of alkyl halides is 2. The van der Waals surface area contributed by atoms with Crippen molar-refractivity contribution in [2.24, 2.45) is 0 Å². The Bertz CT molecular complexity index is 339. The molecule has 1 saturated heterocycles. The number of rotatable bonds is 1. The minimum Gasteiger partial charge on any atom is -0.335 e. The molecular formula is C9H10F3N3. The minimum absolute atomic E-state index is 0.106. The molecule has 0 atom stereocenters. The average molecular weight is 217 g/mol. The van der Waals surface area contributed by atoms with Crippen LogP contribution in [0.3, 0.4) is 0 Å². The van der Waals surface area contributed by atoms with Crippen molar-refractivity contribution in [3.63, 3.8) is 0 Å². The summed E-state index contributed by atoms with van der Waals surface area (Å²) in [6.07, 6.45) is 2.25. The van der Waals surface area contributed by atoms with Crippen LogP contribution in [0.25, 0.3) is 0 Å². The van der Waals surface area contributed by atoms with Crippen LogP contribution in [0.15, 0.2) is 12.4 Å². The number of halogens is 3. The number of hydrogen-bond donors (Lipinski definition) is 0. The van der Waals surface area contributed by atoms with Crippen molar-refractivity contribution in [1.29, 1.82) is 0 Å². The highest BCUT2D eigenvalue weighted by Crippen LogP contribution is 2.28. The van der Waals surface area contributed by atoms with Gasteiger partial charge in [0.15, 0.2) is 5.82 Å². The lowest BCUT2D eigenvalue weighted by Crippen LogP contribution is -2.43. The van der Waals surface area contributed by atoms with Gasteiger partial charge in [0.25, 0.3) is 5.92 Å².